The first kappa shape index (κ1) is 13.0. The summed E-state index contributed by atoms with van der Waals surface area (Å²) in [7, 11) is 0. The van der Waals surface area contributed by atoms with Crippen molar-refractivity contribution in [3.63, 3.8) is 0 Å². The molecule has 0 aromatic carbocycles. The summed E-state index contributed by atoms with van der Waals surface area (Å²) in [5.74, 6) is 0.542. The van der Waals surface area contributed by atoms with Crippen molar-refractivity contribution in [2.45, 2.75) is 31.9 Å². The summed E-state index contributed by atoms with van der Waals surface area (Å²) in [6.07, 6.45) is 2.08. The molecule has 1 aliphatic rings. The van der Waals surface area contributed by atoms with Gasteiger partial charge in [0.2, 0.25) is 0 Å². The van der Waals surface area contributed by atoms with E-state index in [2.05, 4.69) is 23.8 Å². The summed E-state index contributed by atoms with van der Waals surface area (Å²) in [6, 6.07) is 2.18. The van der Waals surface area contributed by atoms with Crippen LogP contribution in [0.15, 0.2) is 16.8 Å². The lowest BCUT2D eigenvalue weighted by molar-refractivity contribution is 0.00972. The molecule has 0 bridgehead atoms. The Hall–Kier alpha value is -0.420. The number of thiophene rings is 1. The molecule has 3 nitrogen and oxygen atoms in total. The molecule has 0 saturated carbocycles. The smallest absolute Gasteiger partial charge is 0.0983 e. The van der Waals surface area contributed by atoms with Gasteiger partial charge in [-0.1, -0.05) is 6.92 Å². The van der Waals surface area contributed by atoms with E-state index in [4.69, 9.17) is 15.2 Å². The van der Waals surface area contributed by atoms with Crippen LogP contribution < -0.4 is 5.73 Å². The van der Waals surface area contributed by atoms with Crippen LogP contribution in [0, 0.1) is 5.92 Å². The van der Waals surface area contributed by atoms with E-state index >= 15 is 0 Å². The van der Waals surface area contributed by atoms with Gasteiger partial charge >= 0.3 is 0 Å². The molecule has 2 rings (SSSR count). The molecular formula is C13H21NO2S. The molecule has 3 unspecified atom stereocenters. The SMILES string of the molecule is CCC(N)C(OCC1CCOC1)c1ccsc1. The predicted octanol–water partition coefficient (Wildman–Crippen LogP) is 2.58. The van der Waals surface area contributed by atoms with Crippen LogP contribution in [0.4, 0.5) is 0 Å². The lowest BCUT2D eigenvalue weighted by Crippen LogP contribution is -2.30. The topological polar surface area (TPSA) is 44.5 Å². The maximum Gasteiger partial charge on any atom is 0.0983 e. The van der Waals surface area contributed by atoms with Crippen molar-refractivity contribution in [2.24, 2.45) is 11.7 Å². The molecule has 3 atom stereocenters. The molecule has 1 aromatic rings. The minimum absolute atomic E-state index is 0.0341. The van der Waals surface area contributed by atoms with Gasteiger partial charge in [-0.05, 0) is 35.2 Å². The summed E-state index contributed by atoms with van der Waals surface area (Å²) >= 11 is 1.69. The van der Waals surface area contributed by atoms with Crippen molar-refractivity contribution in [3.05, 3.63) is 22.4 Å². The first-order chi connectivity index (χ1) is 8.31. The Morgan fingerprint density at radius 2 is 2.53 bits per heavy atom. The van der Waals surface area contributed by atoms with Crippen LogP contribution in [0.2, 0.25) is 0 Å². The fourth-order valence-corrected chi connectivity index (χ4v) is 2.76. The summed E-state index contributed by atoms with van der Waals surface area (Å²) in [6.45, 7) is 4.56. The maximum absolute atomic E-state index is 6.14. The third-order valence-electron chi connectivity index (χ3n) is 3.27. The Balaban J connectivity index is 1.91. The predicted molar refractivity (Wildman–Crippen MR) is 70.2 cm³/mol. The third kappa shape index (κ3) is 3.52. The van der Waals surface area contributed by atoms with E-state index in [9.17, 15) is 0 Å². The zero-order valence-electron chi connectivity index (χ0n) is 10.3. The van der Waals surface area contributed by atoms with E-state index in [-0.39, 0.29) is 12.1 Å². The number of ether oxygens (including phenoxy) is 2. The minimum Gasteiger partial charge on any atom is -0.381 e. The number of hydrogen-bond acceptors (Lipinski definition) is 4. The van der Waals surface area contributed by atoms with Crippen molar-refractivity contribution >= 4 is 11.3 Å². The molecule has 1 saturated heterocycles. The van der Waals surface area contributed by atoms with Gasteiger partial charge in [0, 0.05) is 18.6 Å². The lowest BCUT2D eigenvalue weighted by Gasteiger charge is -2.24. The van der Waals surface area contributed by atoms with E-state index in [1.807, 2.05) is 0 Å². The largest absolute Gasteiger partial charge is 0.381 e. The quantitative estimate of drug-likeness (QED) is 0.849. The molecule has 96 valence electrons. The fourth-order valence-electron chi connectivity index (χ4n) is 2.07. The van der Waals surface area contributed by atoms with Crippen molar-refractivity contribution in [2.75, 3.05) is 19.8 Å². The van der Waals surface area contributed by atoms with Crippen LogP contribution >= 0.6 is 11.3 Å². The average molecular weight is 255 g/mol. The van der Waals surface area contributed by atoms with Crippen LogP contribution in [0.5, 0.6) is 0 Å². The average Bonchev–Trinajstić information content (AvgIpc) is 3.01. The molecule has 0 radical (unpaired) electrons. The van der Waals surface area contributed by atoms with Crippen LogP contribution in [0.1, 0.15) is 31.4 Å². The Morgan fingerprint density at radius 3 is 3.12 bits per heavy atom. The number of rotatable bonds is 6. The summed E-state index contributed by atoms with van der Waals surface area (Å²) in [5, 5.41) is 4.21. The highest BCUT2D eigenvalue weighted by atomic mass is 32.1. The molecule has 2 heterocycles. The van der Waals surface area contributed by atoms with Gasteiger partial charge in [-0.2, -0.15) is 11.3 Å². The molecule has 1 fully saturated rings. The molecule has 0 spiro atoms. The first-order valence-electron chi connectivity index (χ1n) is 6.28. The second kappa shape index (κ2) is 6.50. The van der Waals surface area contributed by atoms with Gasteiger partial charge in [-0.25, -0.2) is 0 Å². The van der Waals surface area contributed by atoms with Crippen molar-refractivity contribution in [1.29, 1.82) is 0 Å². The monoisotopic (exact) mass is 255 g/mol. The number of nitrogens with two attached hydrogens (primary N) is 1. The summed E-state index contributed by atoms with van der Waals surface area (Å²) in [4.78, 5) is 0. The van der Waals surface area contributed by atoms with Crippen LogP contribution in [0.25, 0.3) is 0 Å². The zero-order valence-corrected chi connectivity index (χ0v) is 11.1. The lowest BCUT2D eigenvalue weighted by atomic mass is 10.0. The molecular weight excluding hydrogens is 234 g/mol. The van der Waals surface area contributed by atoms with E-state index in [1.54, 1.807) is 11.3 Å². The first-order valence-corrected chi connectivity index (χ1v) is 7.22. The molecule has 17 heavy (non-hydrogen) atoms. The highest BCUT2D eigenvalue weighted by Gasteiger charge is 2.23. The molecule has 1 aliphatic heterocycles. The van der Waals surface area contributed by atoms with Crippen LogP contribution in [-0.2, 0) is 9.47 Å². The highest BCUT2D eigenvalue weighted by Crippen LogP contribution is 2.26. The summed E-state index contributed by atoms with van der Waals surface area (Å²) < 4.78 is 11.4. The van der Waals surface area contributed by atoms with E-state index in [0.29, 0.717) is 5.92 Å². The van der Waals surface area contributed by atoms with Gasteiger partial charge < -0.3 is 15.2 Å². The summed E-state index contributed by atoms with van der Waals surface area (Å²) in [5.41, 5.74) is 7.35. The van der Waals surface area contributed by atoms with E-state index in [0.717, 1.165) is 32.7 Å². The van der Waals surface area contributed by atoms with Gasteiger partial charge in [0.05, 0.1) is 19.3 Å². The van der Waals surface area contributed by atoms with Crippen LogP contribution in [0.3, 0.4) is 0 Å². The molecule has 2 N–H and O–H groups in total. The van der Waals surface area contributed by atoms with E-state index in [1.165, 1.54) is 5.56 Å². The third-order valence-corrected chi connectivity index (χ3v) is 3.97. The molecule has 0 amide bonds. The van der Waals surface area contributed by atoms with Gasteiger partial charge in [0.1, 0.15) is 0 Å². The Morgan fingerprint density at radius 1 is 1.65 bits per heavy atom. The second-order valence-electron chi connectivity index (χ2n) is 4.61. The fraction of sp³-hybridized carbons (Fsp3) is 0.692. The van der Waals surface area contributed by atoms with Gasteiger partial charge in [0.15, 0.2) is 0 Å². The second-order valence-corrected chi connectivity index (χ2v) is 5.39. The van der Waals surface area contributed by atoms with Gasteiger partial charge in [0.25, 0.3) is 0 Å². The van der Waals surface area contributed by atoms with Crippen molar-refractivity contribution < 1.29 is 9.47 Å². The van der Waals surface area contributed by atoms with Gasteiger partial charge in [-0.3, -0.25) is 0 Å². The van der Waals surface area contributed by atoms with E-state index < -0.39 is 0 Å². The van der Waals surface area contributed by atoms with Crippen molar-refractivity contribution in [1.82, 2.24) is 0 Å². The number of hydrogen-bond donors (Lipinski definition) is 1. The minimum atomic E-state index is 0.0341. The van der Waals surface area contributed by atoms with Crippen LogP contribution in [-0.4, -0.2) is 25.9 Å². The normalized spacial score (nSPS) is 23.8. The Bertz CT molecular complexity index is 309. The Labute approximate surface area is 107 Å². The molecule has 0 aliphatic carbocycles. The highest BCUT2D eigenvalue weighted by molar-refractivity contribution is 7.07. The molecule has 1 aromatic heterocycles. The maximum atomic E-state index is 6.14. The standard InChI is InChI=1S/C13H21NO2S/c1-2-12(14)13(11-4-6-17-9-11)16-8-10-3-5-15-7-10/h4,6,9-10,12-13H,2-3,5,7-8,14H2,1H3. The van der Waals surface area contributed by atoms with Crippen molar-refractivity contribution in [3.8, 4) is 0 Å². The molecule has 4 heteroatoms. The Kier molecular flexibility index (Phi) is 4.98. The van der Waals surface area contributed by atoms with Gasteiger partial charge in [-0.15, -0.1) is 0 Å². The zero-order chi connectivity index (χ0) is 12.1.